The van der Waals surface area contributed by atoms with Crippen LogP contribution in [-0.4, -0.2) is 39.5 Å². The summed E-state index contributed by atoms with van der Waals surface area (Å²) in [6.07, 6.45) is 1.44. The summed E-state index contributed by atoms with van der Waals surface area (Å²) in [5.74, 6) is -1.63. The van der Waals surface area contributed by atoms with E-state index in [9.17, 15) is 22.8 Å². The summed E-state index contributed by atoms with van der Waals surface area (Å²) >= 11 is 0. The first-order chi connectivity index (χ1) is 14.6. The van der Waals surface area contributed by atoms with Crippen molar-refractivity contribution in [2.75, 3.05) is 13.2 Å². The van der Waals surface area contributed by atoms with Gasteiger partial charge in [0.1, 0.15) is 10.6 Å². The number of esters is 1. The number of rotatable bonds is 8. The molecule has 0 saturated carbocycles. The van der Waals surface area contributed by atoms with Gasteiger partial charge >= 0.3 is 22.1 Å². The number of amides is 3. The number of ether oxygens (including phenoxy) is 1. The summed E-state index contributed by atoms with van der Waals surface area (Å²) in [5, 5.41) is 4.31. The van der Waals surface area contributed by atoms with E-state index in [2.05, 4.69) is 11.9 Å². The third kappa shape index (κ3) is 6.96. The number of imide groups is 1. The van der Waals surface area contributed by atoms with Crippen LogP contribution in [0.1, 0.15) is 21.5 Å². The first kappa shape index (κ1) is 23.6. The summed E-state index contributed by atoms with van der Waals surface area (Å²) in [7, 11) is -4.05. The molecule has 0 unspecified atom stereocenters. The molecule has 0 bridgehead atoms. The lowest BCUT2D eigenvalue weighted by molar-refractivity contribution is -0.123. The Morgan fingerprint density at radius 2 is 1.74 bits per heavy atom. The van der Waals surface area contributed by atoms with E-state index in [1.807, 2.05) is 5.32 Å². The van der Waals surface area contributed by atoms with Crippen molar-refractivity contribution in [1.29, 1.82) is 0 Å². The number of hydrogen-bond donors (Lipinski definition) is 2. The van der Waals surface area contributed by atoms with Crippen LogP contribution >= 0.6 is 0 Å². The highest BCUT2D eigenvalue weighted by Crippen LogP contribution is 2.22. The summed E-state index contributed by atoms with van der Waals surface area (Å²) in [6.45, 7) is 6.35. The molecule has 0 aliphatic carbocycles. The minimum Gasteiger partial charge on any atom is -0.452 e. The lowest BCUT2D eigenvalue weighted by atomic mass is 10.2. The molecule has 31 heavy (non-hydrogen) atoms. The maximum absolute atomic E-state index is 12.5. The van der Waals surface area contributed by atoms with Crippen molar-refractivity contribution < 1.29 is 31.7 Å². The van der Waals surface area contributed by atoms with E-state index < -0.39 is 34.6 Å². The molecule has 0 radical (unpaired) electrons. The maximum Gasteiger partial charge on any atom is 0.339 e. The normalized spacial score (nSPS) is 10.6. The Bertz CT molecular complexity index is 1090. The van der Waals surface area contributed by atoms with E-state index in [4.69, 9.17) is 8.92 Å². The SMILES string of the molecule is C=CCNC(=O)NC(=O)COC(=O)c1ccc(OS(=O)(=O)c2cc(C)ccc2C)cc1. The van der Waals surface area contributed by atoms with Crippen molar-refractivity contribution in [1.82, 2.24) is 10.6 Å². The zero-order valence-electron chi connectivity index (χ0n) is 17.0. The Morgan fingerprint density at radius 1 is 1.06 bits per heavy atom. The van der Waals surface area contributed by atoms with Gasteiger partial charge in [0.05, 0.1) is 5.56 Å². The van der Waals surface area contributed by atoms with Gasteiger partial charge in [0.25, 0.3) is 5.91 Å². The van der Waals surface area contributed by atoms with Gasteiger partial charge in [0.15, 0.2) is 6.61 Å². The summed E-state index contributed by atoms with van der Waals surface area (Å²) < 4.78 is 35.0. The lowest BCUT2D eigenvalue weighted by Crippen LogP contribution is -2.41. The number of nitrogens with one attached hydrogen (secondary N) is 2. The second kappa shape index (κ2) is 10.4. The molecule has 0 aliphatic heterocycles. The Balaban J connectivity index is 1.96. The van der Waals surface area contributed by atoms with Crippen LogP contribution in [0.5, 0.6) is 5.75 Å². The van der Waals surface area contributed by atoms with Crippen molar-refractivity contribution in [3.8, 4) is 5.75 Å². The van der Waals surface area contributed by atoms with Gasteiger partial charge in [0.2, 0.25) is 0 Å². The van der Waals surface area contributed by atoms with Crippen LogP contribution in [0.25, 0.3) is 0 Å². The van der Waals surface area contributed by atoms with Crippen molar-refractivity contribution in [3.63, 3.8) is 0 Å². The van der Waals surface area contributed by atoms with E-state index in [1.54, 1.807) is 26.0 Å². The van der Waals surface area contributed by atoms with Crippen LogP contribution in [0.3, 0.4) is 0 Å². The van der Waals surface area contributed by atoms with Gasteiger partial charge in [-0.2, -0.15) is 8.42 Å². The average molecular weight is 446 g/mol. The van der Waals surface area contributed by atoms with Gasteiger partial charge < -0.3 is 14.2 Å². The predicted octanol–water partition coefficient (Wildman–Crippen LogP) is 2.24. The molecule has 0 aliphatic rings. The van der Waals surface area contributed by atoms with Gasteiger partial charge in [-0.3, -0.25) is 10.1 Å². The van der Waals surface area contributed by atoms with E-state index in [0.29, 0.717) is 5.56 Å². The highest BCUT2D eigenvalue weighted by Gasteiger charge is 2.20. The molecule has 2 aromatic rings. The number of carbonyl (C=O) groups is 3. The standard InChI is InChI=1S/C21H22N2O7S/c1-4-11-22-21(26)23-19(24)13-29-20(25)16-7-9-17(10-8-16)30-31(27,28)18-12-14(2)5-6-15(18)3/h4-10,12H,1,11,13H2,2-3H3,(H2,22,23,24,26). The molecule has 3 amide bonds. The number of urea groups is 1. The van der Waals surface area contributed by atoms with Gasteiger partial charge in [-0.25, -0.2) is 9.59 Å². The molecule has 0 atom stereocenters. The van der Waals surface area contributed by atoms with Crippen LogP contribution in [0.2, 0.25) is 0 Å². The Kier molecular flexibility index (Phi) is 7.92. The zero-order chi connectivity index (χ0) is 23.0. The molecule has 2 N–H and O–H groups in total. The van der Waals surface area contributed by atoms with Gasteiger partial charge in [-0.15, -0.1) is 6.58 Å². The minimum absolute atomic E-state index is 0.00842. The van der Waals surface area contributed by atoms with Crippen molar-refractivity contribution in [3.05, 3.63) is 71.8 Å². The van der Waals surface area contributed by atoms with Crippen LogP contribution < -0.4 is 14.8 Å². The van der Waals surface area contributed by atoms with Crippen LogP contribution in [0.15, 0.2) is 60.0 Å². The molecule has 9 nitrogen and oxygen atoms in total. The number of carbonyl (C=O) groups excluding carboxylic acids is 3. The molecule has 0 aromatic heterocycles. The average Bonchev–Trinajstić information content (AvgIpc) is 2.72. The Labute approximate surface area is 180 Å². The zero-order valence-corrected chi connectivity index (χ0v) is 17.8. The van der Waals surface area contributed by atoms with E-state index >= 15 is 0 Å². The van der Waals surface area contributed by atoms with Crippen LogP contribution in [0.4, 0.5) is 4.79 Å². The molecule has 10 heteroatoms. The first-order valence-electron chi connectivity index (χ1n) is 9.10. The van der Waals surface area contributed by atoms with Crippen molar-refractivity contribution in [2.24, 2.45) is 0 Å². The number of hydrogen-bond acceptors (Lipinski definition) is 7. The molecule has 0 heterocycles. The Hall–Kier alpha value is -3.66. The monoisotopic (exact) mass is 446 g/mol. The largest absolute Gasteiger partial charge is 0.452 e. The number of aryl methyl sites for hydroxylation is 2. The summed E-state index contributed by atoms with van der Waals surface area (Å²) in [4.78, 5) is 35.0. The predicted molar refractivity (Wildman–Crippen MR) is 112 cm³/mol. The van der Waals surface area contributed by atoms with Crippen molar-refractivity contribution >= 4 is 28.0 Å². The first-order valence-corrected chi connectivity index (χ1v) is 10.5. The molecular formula is C21H22N2O7S. The fraction of sp³-hybridized carbons (Fsp3) is 0.190. The second-order valence-electron chi connectivity index (χ2n) is 6.45. The van der Waals surface area contributed by atoms with Crippen LogP contribution in [0, 0.1) is 13.8 Å². The second-order valence-corrected chi connectivity index (χ2v) is 7.97. The van der Waals surface area contributed by atoms with Gasteiger partial charge in [-0.05, 0) is 55.3 Å². The smallest absolute Gasteiger partial charge is 0.339 e. The topological polar surface area (TPSA) is 128 Å². The molecular weight excluding hydrogens is 424 g/mol. The molecule has 0 saturated heterocycles. The quantitative estimate of drug-likeness (QED) is 0.362. The van der Waals surface area contributed by atoms with E-state index in [0.717, 1.165) is 5.56 Å². The Morgan fingerprint density at radius 3 is 2.39 bits per heavy atom. The fourth-order valence-electron chi connectivity index (χ4n) is 2.38. The third-order valence-corrected chi connectivity index (χ3v) is 5.29. The molecule has 164 valence electrons. The molecule has 2 aromatic carbocycles. The summed E-state index contributed by atoms with van der Waals surface area (Å²) in [6, 6.07) is 9.43. The number of benzene rings is 2. The molecule has 2 rings (SSSR count). The third-order valence-electron chi connectivity index (χ3n) is 3.90. The van der Waals surface area contributed by atoms with Gasteiger partial charge in [0, 0.05) is 6.54 Å². The van der Waals surface area contributed by atoms with Gasteiger partial charge in [-0.1, -0.05) is 18.2 Å². The maximum atomic E-state index is 12.5. The van der Waals surface area contributed by atoms with Crippen LogP contribution in [-0.2, 0) is 19.6 Å². The van der Waals surface area contributed by atoms with Crippen molar-refractivity contribution in [2.45, 2.75) is 18.7 Å². The molecule has 0 spiro atoms. The minimum atomic E-state index is -4.05. The molecule has 0 fully saturated rings. The summed E-state index contributed by atoms with van der Waals surface area (Å²) in [5.41, 5.74) is 1.38. The van der Waals surface area contributed by atoms with E-state index in [1.165, 1.54) is 36.4 Å². The van der Waals surface area contributed by atoms with E-state index in [-0.39, 0.29) is 22.8 Å². The highest BCUT2D eigenvalue weighted by molar-refractivity contribution is 7.87. The lowest BCUT2D eigenvalue weighted by Gasteiger charge is -2.10. The fourth-order valence-corrected chi connectivity index (χ4v) is 3.63. The highest BCUT2D eigenvalue weighted by atomic mass is 32.2.